The molecule has 0 amide bonds. The molecule has 4 aromatic rings. The van der Waals surface area contributed by atoms with Crippen LogP contribution in [-0.2, 0) is 6.54 Å². The van der Waals surface area contributed by atoms with Crippen molar-refractivity contribution < 1.29 is 9.15 Å². The predicted molar refractivity (Wildman–Crippen MR) is 105 cm³/mol. The fraction of sp³-hybridized carbons (Fsp3) is 0.136. The maximum Gasteiger partial charge on any atom is 0.336 e. The van der Waals surface area contributed by atoms with Gasteiger partial charge in [-0.2, -0.15) is 0 Å². The Labute approximate surface area is 151 Å². The number of rotatable bonds is 4. The zero-order chi connectivity index (χ0) is 18.1. The number of fused-ring (bicyclic) bond motifs is 2. The molecule has 4 rings (SSSR count). The third kappa shape index (κ3) is 3.02. The van der Waals surface area contributed by atoms with Crippen molar-refractivity contribution in [1.29, 1.82) is 0 Å². The van der Waals surface area contributed by atoms with E-state index >= 15 is 0 Å². The summed E-state index contributed by atoms with van der Waals surface area (Å²) in [5.41, 5.74) is 2.21. The van der Waals surface area contributed by atoms with Crippen molar-refractivity contribution in [3.63, 3.8) is 0 Å². The van der Waals surface area contributed by atoms with Gasteiger partial charge in [-0.3, -0.25) is 0 Å². The molecule has 130 valence electrons. The number of nitrogens with zero attached hydrogens (tertiary/aromatic N) is 1. The summed E-state index contributed by atoms with van der Waals surface area (Å²) >= 11 is 0. The van der Waals surface area contributed by atoms with Gasteiger partial charge in [-0.05, 0) is 40.6 Å². The van der Waals surface area contributed by atoms with Gasteiger partial charge in [0, 0.05) is 36.8 Å². The van der Waals surface area contributed by atoms with Gasteiger partial charge in [0.25, 0.3) is 0 Å². The molecule has 1 aromatic heterocycles. The third-order valence-electron chi connectivity index (χ3n) is 4.62. The molecule has 0 aliphatic carbocycles. The second-order valence-electron chi connectivity index (χ2n) is 6.34. The molecule has 0 radical (unpaired) electrons. The first-order chi connectivity index (χ1) is 12.6. The van der Waals surface area contributed by atoms with Crippen LogP contribution >= 0.6 is 0 Å². The molecule has 26 heavy (non-hydrogen) atoms. The quantitative estimate of drug-likeness (QED) is 0.507. The highest BCUT2D eigenvalue weighted by atomic mass is 16.5. The Morgan fingerprint density at radius 1 is 0.962 bits per heavy atom. The zero-order valence-corrected chi connectivity index (χ0v) is 14.7. The Hall–Kier alpha value is -3.27. The highest BCUT2D eigenvalue weighted by Gasteiger charge is 2.10. The van der Waals surface area contributed by atoms with E-state index in [0.717, 1.165) is 16.6 Å². The monoisotopic (exact) mass is 345 g/mol. The molecule has 0 aliphatic rings. The van der Waals surface area contributed by atoms with E-state index < -0.39 is 0 Å². The van der Waals surface area contributed by atoms with Crippen LogP contribution < -0.4 is 15.3 Å². The molecule has 0 spiro atoms. The molecule has 0 aliphatic heterocycles. The normalized spacial score (nSPS) is 11.0. The van der Waals surface area contributed by atoms with Crippen LogP contribution in [0.1, 0.15) is 5.56 Å². The molecule has 0 N–H and O–H groups in total. The lowest BCUT2D eigenvalue weighted by molar-refractivity contribution is 0.414. The largest absolute Gasteiger partial charge is 0.497 e. The summed E-state index contributed by atoms with van der Waals surface area (Å²) in [7, 11) is 3.62. The standard InChI is InChI=1S/C22H19NO3/c1-23(18-8-7-15-5-3-4-6-16(15)11-18)14-17-12-22(24)26-21-13-19(25-2)9-10-20(17)21/h3-13H,14H2,1-2H3. The first-order valence-corrected chi connectivity index (χ1v) is 8.45. The molecule has 4 heteroatoms. The molecule has 0 unspecified atom stereocenters. The minimum absolute atomic E-state index is 0.354. The topological polar surface area (TPSA) is 42.7 Å². The van der Waals surface area contributed by atoms with Crippen LogP contribution in [0, 0.1) is 0 Å². The van der Waals surface area contributed by atoms with Crippen molar-refractivity contribution in [1.82, 2.24) is 0 Å². The van der Waals surface area contributed by atoms with Crippen molar-refractivity contribution in [2.24, 2.45) is 0 Å². The van der Waals surface area contributed by atoms with Gasteiger partial charge in [0.2, 0.25) is 0 Å². The molecular formula is C22H19NO3. The molecule has 1 heterocycles. The summed E-state index contributed by atoms with van der Waals surface area (Å²) in [5.74, 6) is 0.667. The Kier molecular flexibility index (Phi) is 4.09. The lowest BCUT2D eigenvalue weighted by Gasteiger charge is -2.20. The highest BCUT2D eigenvalue weighted by Crippen LogP contribution is 2.26. The molecule has 0 atom stereocenters. The Morgan fingerprint density at radius 2 is 1.77 bits per heavy atom. The molecule has 0 fully saturated rings. The van der Waals surface area contributed by atoms with E-state index in [-0.39, 0.29) is 5.63 Å². The van der Waals surface area contributed by atoms with E-state index in [1.807, 2.05) is 31.3 Å². The Balaban J connectivity index is 1.72. The highest BCUT2D eigenvalue weighted by molar-refractivity contribution is 5.86. The average Bonchev–Trinajstić information content (AvgIpc) is 2.66. The van der Waals surface area contributed by atoms with Crippen molar-refractivity contribution in [2.45, 2.75) is 6.54 Å². The number of anilines is 1. The number of ether oxygens (including phenoxy) is 1. The number of hydrogen-bond acceptors (Lipinski definition) is 4. The summed E-state index contributed by atoms with van der Waals surface area (Å²) in [6, 6.07) is 21.8. The molecule has 3 aromatic carbocycles. The number of methoxy groups -OCH3 is 1. The van der Waals surface area contributed by atoms with Crippen LogP contribution in [0.3, 0.4) is 0 Å². The predicted octanol–water partition coefficient (Wildman–Crippen LogP) is 4.59. The lowest BCUT2D eigenvalue weighted by atomic mass is 10.1. The fourth-order valence-corrected chi connectivity index (χ4v) is 3.23. The fourth-order valence-electron chi connectivity index (χ4n) is 3.23. The maximum atomic E-state index is 12.0. The third-order valence-corrected chi connectivity index (χ3v) is 4.62. The van der Waals surface area contributed by atoms with E-state index in [1.165, 1.54) is 10.8 Å². The Morgan fingerprint density at radius 3 is 2.58 bits per heavy atom. The minimum atomic E-state index is -0.354. The Bertz CT molecular complexity index is 1150. The number of benzene rings is 3. The van der Waals surface area contributed by atoms with Crippen molar-refractivity contribution in [3.8, 4) is 5.75 Å². The molecular weight excluding hydrogens is 326 g/mol. The first-order valence-electron chi connectivity index (χ1n) is 8.45. The van der Waals surface area contributed by atoms with Gasteiger partial charge >= 0.3 is 5.63 Å². The smallest absolute Gasteiger partial charge is 0.336 e. The van der Waals surface area contributed by atoms with Gasteiger partial charge in [-0.15, -0.1) is 0 Å². The van der Waals surface area contributed by atoms with E-state index in [2.05, 4.69) is 35.2 Å². The van der Waals surface area contributed by atoms with Gasteiger partial charge in [0.05, 0.1) is 7.11 Å². The van der Waals surface area contributed by atoms with Crippen molar-refractivity contribution >= 4 is 27.4 Å². The van der Waals surface area contributed by atoms with E-state index in [0.29, 0.717) is 17.9 Å². The van der Waals surface area contributed by atoms with Crippen LogP contribution in [0.25, 0.3) is 21.7 Å². The minimum Gasteiger partial charge on any atom is -0.497 e. The average molecular weight is 345 g/mol. The van der Waals surface area contributed by atoms with Crippen LogP contribution in [0.15, 0.2) is 75.9 Å². The zero-order valence-electron chi connectivity index (χ0n) is 14.7. The summed E-state index contributed by atoms with van der Waals surface area (Å²) in [6.07, 6.45) is 0. The second kappa shape index (κ2) is 6.56. The van der Waals surface area contributed by atoms with E-state index in [1.54, 1.807) is 19.2 Å². The number of hydrogen-bond donors (Lipinski definition) is 0. The summed E-state index contributed by atoms with van der Waals surface area (Å²) < 4.78 is 10.6. The van der Waals surface area contributed by atoms with Gasteiger partial charge in [-0.1, -0.05) is 30.3 Å². The van der Waals surface area contributed by atoms with Crippen LogP contribution in [0.4, 0.5) is 5.69 Å². The van der Waals surface area contributed by atoms with Crippen molar-refractivity contribution in [3.05, 3.63) is 82.7 Å². The second-order valence-corrected chi connectivity index (χ2v) is 6.34. The summed E-state index contributed by atoms with van der Waals surface area (Å²) in [5, 5.41) is 3.32. The van der Waals surface area contributed by atoms with Gasteiger partial charge < -0.3 is 14.1 Å². The van der Waals surface area contributed by atoms with Crippen LogP contribution in [-0.4, -0.2) is 14.2 Å². The van der Waals surface area contributed by atoms with Crippen LogP contribution in [0.2, 0.25) is 0 Å². The first kappa shape index (κ1) is 16.2. The van der Waals surface area contributed by atoms with Gasteiger partial charge in [0.1, 0.15) is 11.3 Å². The summed E-state index contributed by atoms with van der Waals surface area (Å²) in [4.78, 5) is 14.1. The van der Waals surface area contributed by atoms with Crippen LogP contribution in [0.5, 0.6) is 5.75 Å². The van der Waals surface area contributed by atoms with E-state index in [9.17, 15) is 4.79 Å². The molecule has 0 saturated heterocycles. The van der Waals surface area contributed by atoms with Gasteiger partial charge in [-0.25, -0.2) is 4.79 Å². The van der Waals surface area contributed by atoms with Gasteiger partial charge in [0.15, 0.2) is 0 Å². The maximum absolute atomic E-state index is 12.0. The SMILES string of the molecule is COc1ccc2c(CN(C)c3ccc4ccccc4c3)cc(=O)oc2c1. The molecule has 0 bridgehead atoms. The van der Waals surface area contributed by atoms with E-state index in [4.69, 9.17) is 9.15 Å². The molecule has 4 nitrogen and oxygen atoms in total. The van der Waals surface area contributed by atoms with Crippen molar-refractivity contribution in [2.75, 3.05) is 19.1 Å². The molecule has 0 saturated carbocycles. The lowest BCUT2D eigenvalue weighted by Crippen LogP contribution is -2.17. The summed E-state index contributed by atoms with van der Waals surface area (Å²) in [6.45, 7) is 0.604.